The van der Waals surface area contributed by atoms with Crippen molar-refractivity contribution in [1.82, 2.24) is 0 Å². The fourth-order valence-corrected chi connectivity index (χ4v) is 4.39. The summed E-state index contributed by atoms with van der Waals surface area (Å²) >= 11 is 0. The van der Waals surface area contributed by atoms with E-state index in [0.717, 1.165) is 42.7 Å². The average Bonchev–Trinajstić information content (AvgIpc) is 2.63. The Kier molecular flexibility index (Phi) is 6.17. The summed E-state index contributed by atoms with van der Waals surface area (Å²) in [7, 11) is 0. The lowest BCUT2D eigenvalue weighted by Crippen LogP contribution is -2.39. The van der Waals surface area contributed by atoms with Gasteiger partial charge in [0.05, 0.1) is 6.61 Å². The normalized spacial score (nSPS) is 23.9. The number of esters is 1. The Morgan fingerprint density at radius 3 is 2.57 bits per heavy atom. The molecule has 1 unspecified atom stereocenters. The van der Waals surface area contributed by atoms with Gasteiger partial charge in [-0.05, 0) is 30.7 Å². The molecule has 1 aromatic rings. The van der Waals surface area contributed by atoms with Crippen LogP contribution >= 0.6 is 0 Å². The topological polar surface area (TPSA) is 55.7 Å². The minimum Gasteiger partial charge on any atom is -0.465 e. The van der Waals surface area contributed by atoms with Crippen molar-refractivity contribution in [2.75, 3.05) is 6.61 Å². The second-order valence-corrected chi connectivity index (χ2v) is 8.80. The monoisotopic (exact) mass is 381 g/mol. The Labute approximate surface area is 168 Å². The molecule has 4 nitrogen and oxygen atoms in total. The second-order valence-electron chi connectivity index (χ2n) is 8.80. The third-order valence-electron chi connectivity index (χ3n) is 5.71. The van der Waals surface area contributed by atoms with Crippen LogP contribution in [0, 0.1) is 11.3 Å². The molecule has 0 aromatic heterocycles. The molecular formula is C24H31NO3. The molecule has 0 radical (unpaired) electrons. The SMILES string of the molecule is CCCCCOC(=O)C1C(C)=NC2=C(C(=O)CC(C)(C)C2)[C@H]1c1ccccc1. The number of carbonyl (C=O) groups is 2. The fourth-order valence-electron chi connectivity index (χ4n) is 4.39. The summed E-state index contributed by atoms with van der Waals surface area (Å²) in [6, 6.07) is 9.86. The van der Waals surface area contributed by atoms with Gasteiger partial charge in [-0.25, -0.2) is 0 Å². The van der Waals surface area contributed by atoms with Crippen LogP contribution in [0.15, 0.2) is 46.6 Å². The lowest BCUT2D eigenvalue weighted by Gasteiger charge is -2.39. The number of ketones is 1. The summed E-state index contributed by atoms with van der Waals surface area (Å²) in [6.07, 6.45) is 4.22. The van der Waals surface area contributed by atoms with Crippen LogP contribution in [0.5, 0.6) is 0 Å². The van der Waals surface area contributed by atoms with E-state index in [2.05, 4.69) is 20.8 Å². The molecule has 1 aromatic carbocycles. The number of nitrogens with zero attached hydrogens (tertiary/aromatic N) is 1. The van der Waals surface area contributed by atoms with E-state index in [4.69, 9.17) is 9.73 Å². The molecule has 1 aliphatic heterocycles. The van der Waals surface area contributed by atoms with Crippen molar-refractivity contribution in [2.24, 2.45) is 16.3 Å². The molecular weight excluding hydrogens is 350 g/mol. The van der Waals surface area contributed by atoms with Crippen LogP contribution in [-0.2, 0) is 14.3 Å². The molecule has 4 heteroatoms. The molecule has 28 heavy (non-hydrogen) atoms. The molecule has 150 valence electrons. The quantitative estimate of drug-likeness (QED) is 0.500. The Bertz CT molecular complexity index is 804. The first-order valence-electron chi connectivity index (χ1n) is 10.4. The van der Waals surface area contributed by atoms with Crippen molar-refractivity contribution in [3.8, 4) is 0 Å². The number of aliphatic imine (C=N–C) groups is 1. The van der Waals surface area contributed by atoms with Crippen molar-refractivity contribution >= 4 is 17.5 Å². The molecule has 1 heterocycles. The number of Topliss-reactive ketones (excluding diaryl/α,β-unsaturated/α-hetero) is 1. The smallest absolute Gasteiger partial charge is 0.315 e. The third-order valence-corrected chi connectivity index (χ3v) is 5.71. The highest BCUT2D eigenvalue weighted by atomic mass is 16.5. The summed E-state index contributed by atoms with van der Waals surface area (Å²) in [6.45, 7) is 8.64. The van der Waals surface area contributed by atoms with Crippen LogP contribution in [0.2, 0.25) is 0 Å². The Balaban J connectivity index is 1.99. The number of carbonyl (C=O) groups excluding carboxylic acids is 2. The van der Waals surface area contributed by atoms with Gasteiger partial charge in [-0.3, -0.25) is 14.6 Å². The van der Waals surface area contributed by atoms with Crippen molar-refractivity contribution in [3.63, 3.8) is 0 Å². The summed E-state index contributed by atoms with van der Waals surface area (Å²) in [5.74, 6) is -1.00. The molecule has 0 amide bonds. The predicted octanol–water partition coefficient (Wildman–Crippen LogP) is 5.24. The van der Waals surface area contributed by atoms with E-state index in [1.807, 2.05) is 37.3 Å². The first-order valence-corrected chi connectivity index (χ1v) is 10.4. The summed E-state index contributed by atoms with van der Waals surface area (Å²) < 4.78 is 5.61. The molecule has 0 spiro atoms. The second kappa shape index (κ2) is 8.42. The van der Waals surface area contributed by atoms with E-state index in [9.17, 15) is 9.59 Å². The van der Waals surface area contributed by atoms with Gasteiger partial charge in [0.25, 0.3) is 0 Å². The van der Waals surface area contributed by atoms with E-state index < -0.39 is 5.92 Å². The lowest BCUT2D eigenvalue weighted by molar-refractivity contribution is -0.146. The number of benzene rings is 1. The molecule has 0 bridgehead atoms. The fraction of sp³-hybridized carbons (Fsp3) is 0.542. The zero-order valence-corrected chi connectivity index (χ0v) is 17.5. The van der Waals surface area contributed by atoms with E-state index in [-0.39, 0.29) is 23.1 Å². The molecule has 2 aliphatic rings. The molecule has 0 saturated heterocycles. The standard InChI is InChI=1S/C24H31NO3/c1-5-6-10-13-28-23(27)20-16(2)25-18-14-24(3,4)15-19(26)22(18)21(20)17-11-8-7-9-12-17/h7-9,11-12,20-21H,5-6,10,13-15H2,1-4H3/t20?,21-/m0/s1. The van der Waals surface area contributed by atoms with Crippen LogP contribution < -0.4 is 0 Å². The van der Waals surface area contributed by atoms with Gasteiger partial charge in [-0.15, -0.1) is 0 Å². The Morgan fingerprint density at radius 1 is 1.18 bits per heavy atom. The van der Waals surface area contributed by atoms with Gasteiger partial charge in [-0.2, -0.15) is 0 Å². The van der Waals surface area contributed by atoms with Gasteiger partial charge < -0.3 is 4.74 Å². The van der Waals surface area contributed by atoms with Crippen LogP contribution in [0.4, 0.5) is 0 Å². The maximum atomic E-state index is 13.1. The van der Waals surface area contributed by atoms with Crippen LogP contribution in [0.25, 0.3) is 0 Å². The minimum absolute atomic E-state index is 0.103. The Morgan fingerprint density at radius 2 is 1.89 bits per heavy atom. The summed E-state index contributed by atoms with van der Waals surface area (Å²) in [5.41, 5.74) is 3.19. The van der Waals surface area contributed by atoms with Crippen molar-refractivity contribution in [3.05, 3.63) is 47.2 Å². The third kappa shape index (κ3) is 4.26. The van der Waals surface area contributed by atoms with Crippen LogP contribution in [0.1, 0.15) is 71.3 Å². The summed E-state index contributed by atoms with van der Waals surface area (Å²) in [4.78, 5) is 30.9. The first kappa shape index (κ1) is 20.5. The highest BCUT2D eigenvalue weighted by molar-refractivity contribution is 6.09. The molecule has 0 fully saturated rings. The van der Waals surface area contributed by atoms with E-state index in [1.165, 1.54) is 0 Å². The van der Waals surface area contributed by atoms with E-state index >= 15 is 0 Å². The van der Waals surface area contributed by atoms with Gasteiger partial charge in [0.1, 0.15) is 5.92 Å². The zero-order chi connectivity index (χ0) is 20.3. The number of hydrogen-bond acceptors (Lipinski definition) is 4. The van der Waals surface area contributed by atoms with Crippen molar-refractivity contribution < 1.29 is 14.3 Å². The van der Waals surface area contributed by atoms with E-state index in [0.29, 0.717) is 18.6 Å². The number of allylic oxidation sites excluding steroid dienone is 2. The van der Waals surface area contributed by atoms with Crippen LogP contribution in [-0.4, -0.2) is 24.1 Å². The maximum absolute atomic E-state index is 13.1. The average molecular weight is 382 g/mol. The maximum Gasteiger partial charge on any atom is 0.315 e. The van der Waals surface area contributed by atoms with Gasteiger partial charge in [0, 0.05) is 29.3 Å². The molecule has 1 aliphatic carbocycles. The highest BCUT2D eigenvalue weighted by Crippen LogP contribution is 2.47. The highest BCUT2D eigenvalue weighted by Gasteiger charge is 2.45. The largest absolute Gasteiger partial charge is 0.465 e. The molecule has 0 saturated carbocycles. The molecule has 0 N–H and O–H groups in total. The van der Waals surface area contributed by atoms with Crippen LogP contribution in [0.3, 0.4) is 0 Å². The van der Waals surface area contributed by atoms with Crippen molar-refractivity contribution in [1.29, 1.82) is 0 Å². The number of ether oxygens (including phenoxy) is 1. The number of rotatable bonds is 6. The number of hydrogen-bond donors (Lipinski definition) is 0. The van der Waals surface area contributed by atoms with E-state index in [1.54, 1.807) is 0 Å². The number of unbranched alkanes of at least 4 members (excludes halogenated alkanes) is 2. The predicted molar refractivity (Wildman–Crippen MR) is 111 cm³/mol. The summed E-state index contributed by atoms with van der Waals surface area (Å²) in [5, 5.41) is 0. The lowest BCUT2D eigenvalue weighted by atomic mass is 9.67. The minimum atomic E-state index is -0.534. The molecule has 3 rings (SSSR count). The Hall–Kier alpha value is -2.23. The first-order chi connectivity index (χ1) is 13.3. The van der Waals surface area contributed by atoms with Gasteiger partial charge >= 0.3 is 5.97 Å². The van der Waals surface area contributed by atoms with Gasteiger partial charge in [-0.1, -0.05) is 63.9 Å². The molecule has 2 atom stereocenters. The zero-order valence-electron chi connectivity index (χ0n) is 17.5. The van der Waals surface area contributed by atoms with Crippen molar-refractivity contribution in [2.45, 2.75) is 65.7 Å². The van der Waals surface area contributed by atoms with Gasteiger partial charge in [0.2, 0.25) is 0 Å². The van der Waals surface area contributed by atoms with Gasteiger partial charge in [0.15, 0.2) is 5.78 Å².